The molecule has 2 amide bonds. The van der Waals surface area contributed by atoms with Crippen LogP contribution < -0.4 is 9.47 Å². The number of nitrogens with zero attached hydrogens (tertiary/aromatic N) is 2. The molecule has 0 radical (unpaired) electrons. The summed E-state index contributed by atoms with van der Waals surface area (Å²) in [5, 5.41) is 0. The summed E-state index contributed by atoms with van der Waals surface area (Å²) in [5.41, 5.74) is 2.71. The highest BCUT2D eigenvalue weighted by Crippen LogP contribution is 2.24. The minimum absolute atomic E-state index is 0.0518. The van der Waals surface area contributed by atoms with E-state index in [1.54, 1.807) is 14.2 Å². The van der Waals surface area contributed by atoms with E-state index in [2.05, 4.69) is 12.1 Å². The van der Waals surface area contributed by atoms with Crippen LogP contribution in [0, 0.1) is 0 Å². The van der Waals surface area contributed by atoms with Crippen LogP contribution in [-0.2, 0) is 22.4 Å². The molecule has 0 saturated heterocycles. The van der Waals surface area contributed by atoms with E-state index in [9.17, 15) is 9.59 Å². The fraction of sp³-hybridized carbons (Fsp3) is 0.429. The van der Waals surface area contributed by atoms with Gasteiger partial charge in [0.25, 0.3) is 5.91 Å². The van der Waals surface area contributed by atoms with Gasteiger partial charge in [0.2, 0.25) is 5.91 Å². The molecule has 3 aromatic carbocycles. The number of methoxy groups -OCH3 is 2. The molecule has 0 bridgehead atoms. The molecule has 1 atom stereocenters. The Morgan fingerprint density at radius 2 is 1.60 bits per heavy atom. The Labute approximate surface area is 250 Å². The van der Waals surface area contributed by atoms with Crippen LogP contribution >= 0.6 is 0 Å². The lowest BCUT2D eigenvalue weighted by Gasteiger charge is -2.33. The molecule has 0 saturated carbocycles. The number of rotatable bonds is 9. The quantitative estimate of drug-likeness (QED) is 0.324. The zero-order chi connectivity index (χ0) is 29.6. The van der Waals surface area contributed by atoms with Crippen LogP contribution in [-0.4, -0.2) is 74.7 Å². The van der Waals surface area contributed by atoms with Crippen molar-refractivity contribution in [3.63, 3.8) is 0 Å². The zero-order valence-corrected chi connectivity index (χ0v) is 25.0. The maximum atomic E-state index is 13.9. The monoisotopic (exact) mass is 572 g/mol. The van der Waals surface area contributed by atoms with Crippen LogP contribution in [0.2, 0.25) is 0 Å². The summed E-state index contributed by atoms with van der Waals surface area (Å²) in [7, 11) is 3.32. The maximum Gasteiger partial charge on any atom is 0.257 e. The molecule has 0 unspecified atom stereocenters. The third kappa shape index (κ3) is 8.83. The standard InChI is InChI=1S/C35H44N2O5/c1-40-25-24-36-22-12-3-4-13-23-37(34(38)21-20-29-16-8-10-18-32(29)41-2)30(26-28-14-6-5-7-15-28)27-42-33-19-11-9-17-31(33)35(36)39/h5-11,14-19,30H,3-4,12-13,20-27H2,1-2H3/t30-/m0/s1. The highest BCUT2D eigenvalue weighted by Gasteiger charge is 2.27. The molecule has 1 heterocycles. The summed E-state index contributed by atoms with van der Waals surface area (Å²) in [6.07, 6.45) is 5.42. The fourth-order valence-electron chi connectivity index (χ4n) is 5.53. The van der Waals surface area contributed by atoms with Crippen molar-refractivity contribution in [3.8, 4) is 11.5 Å². The predicted molar refractivity (Wildman–Crippen MR) is 165 cm³/mol. The first-order valence-corrected chi connectivity index (χ1v) is 15.1. The minimum Gasteiger partial charge on any atom is -0.496 e. The van der Waals surface area contributed by atoms with Gasteiger partial charge in [-0.15, -0.1) is 0 Å². The maximum absolute atomic E-state index is 13.9. The van der Waals surface area contributed by atoms with Gasteiger partial charge in [0.05, 0.1) is 25.3 Å². The largest absolute Gasteiger partial charge is 0.496 e. The first-order chi connectivity index (χ1) is 20.6. The molecule has 7 heteroatoms. The van der Waals surface area contributed by atoms with Crippen LogP contribution in [0.5, 0.6) is 11.5 Å². The second-order valence-corrected chi connectivity index (χ2v) is 10.7. The second-order valence-electron chi connectivity index (χ2n) is 10.7. The average Bonchev–Trinajstić information content (AvgIpc) is 3.03. The third-order valence-electron chi connectivity index (χ3n) is 7.85. The van der Waals surface area contributed by atoms with Crippen molar-refractivity contribution in [3.05, 3.63) is 95.6 Å². The first kappa shape index (κ1) is 31.1. The van der Waals surface area contributed by atoms with Gasteiger partial charge in [0.1, 0.15) is 18.1 Å². The number of hydrogen-bond acceptors (Lipinski definition) is 5. The van der Waals surface area contributed by atoms with E-state index in [4.69, 9.17) is 14.2 Å². The van der Waals surface area contributed by atoms with Gasteiger partial charge >= 0.3 is 0 Å². The normalized spacial score (nSPS) is 16.7. The number of aryl methyl sites for hydroxylation is 1. The van der Waals surface area contributed by atoms with Crippen molar-refractivity contribution in [1.29, 1.82) is 0 Å². The topological polar surface area (TPSA) is 68.3 Å². The highest BCUT2D eigenvalue weighted by molar-refractivity contribution is 5.97. The number of carbonyl (C=O) groups is 2. The molecule has 3 aromatic rings. The van der Waals surface area contributed by atoms with Crippen molar-refractivity contribution < 1.29 is 23.8 Å². The van der Waals surface area contributed by atoms with Crippen LogP contribution in [0.1, 0.15) is 53.6 Å². The zero-order valence-electron chi connectivity index (χ0n) is 25.0. The number of fused-ring (bicyclic) bond motifs is 1. The first-order valence-electron chi connectivity index (χ1n) is 15.1. The lowest BCUT2D eigenvalue weighted by atomic mass is 10.0. The highest BCUT2D eigenvalue weighted by atomic mass is 16.5. The Kier molecular flexibility index (Phi) is 12.3. The van der Waals surface area contributed by atoms with Gasteiger partial charge in [-0.05, 0) is 55.0 Å². The van der Waals surface area contributed by atoms with Gasteiger partial charge in [0, 0.05) is 33.2 Å². The Balaban J connectivity index is 1.60. The second kappa shape index (κ2) is 16.6. The van der Waals surface area contributed by atoms with Crippen molar-refractivity contribution in [1.82, 2.24) is 9.80 Å². The molecular weight excluding hydrogens is 528 g/mol. The number of amides is 2. The summed E-state index contributed by atoms with van der Waals surface area (Å²) in [4.78, 5) is 31.4. The number of carbonyl (C=O) groups excluding carboxylic acids is 2. The van der Waals surface area contributed by atoms with Crippen molar-refractivity contribution in [2.45, 2.75) is 51.0 Å². The lowest BCUT2D eigenvalue weighted by molar-refractivity contribution is -0.134. The van der Waals surface area contributed by atoms with Crippen LogP contribution in [0.15, 0.2) is 78.9 Å². The van der Waals surface area contributed by atoms with Gasteiger partial charge in [-0.3, -0.25) is 9.59 Å². The van der Waals surface area contributed by atoms with E-state index in [0.717, 1.165) is 42.6 Å². The van der Waals surface area contributed by atoms with Crippen LogP contribution in [0.3, 0.4) is 0 Å². The SMILES string of the molecule is COCCN1CCCCCCN(C(=O)CCc2ccccc2OC)[C@@H](Cc2ccccc2)COc2ccccc2C1=O. The summed E-state index contributed by atoms with van der Waals surface area (Å²) < 4.78 is 17.2. The van der Waals surface area contributed by atoms with Crippen molar-refractivity contribution in [2.24, 2.45) is 0 Å². The Morgan fingerprint density at radius 3 is 2.38 bits per heavy atom. The summed E-state index contributed by atoms with van der Waals surface area (Å²) in [6, 6.07) is 25.3. The van der Waals surface area contributed by atoms with Gasteiger partial charge in [-0.1, -0.05) is 73.5 Å². The van der Waals surface area contributed by atoms with E-state index >= 15 is 0 Å². The van der Waals surface area contributed by atoms with Gasteiger partial charge in [-0.2, -0.15) is 0 Å². The van der Waals surface area contributed by atoms with Crippen LogP contribution in [0.4, 0.5) is 0 Å². The minimum atomic E-state index is -0.187. The Bertz CT molecular complexity index is 1270. The Hall–Kier alpha value is -3.84. The van der Waals surface area contributed by atoms with Gasteiger partial charge in [0.15, 0.2) is 0 Å². The van der Waals surface area contributed by atoms with Crippen molar-refractivity contribution in [2.75, 3.05) is 47.1 Å². The molecule has 1 aliphatic rings. The van der Waals surface area contributed by atoms with Gasteiger partial charge in [-0.25, -0.2) is 0 Å². The fourth-order valence-corrected chi connectivity index (χ4v) is 5.53. The number of ether oxygens (including phenoxy) is 3. The molecule has 42 heavy (non-hydrogen) atoms. The number of benzene rings is 3. The van der Waals surface area contributed by atoms with E-state index in [0.29, 0.717) is 56.8 Å². The molecule has 7 nitrogen and oxygen atoms in total. The Morgan fingerprint density at radius 1 is 0.881 bits per heavy atom. The van der Waals surface area contributed by atoms with E-state index in [1.165, 1.54) is 0 Å². The lowest BCUT2D eigenvalue weighted by Crippen LogP contribution is -2.46. The predicted octanol–water partition coefficient (Wildman–Crippen LogP) is 5.81. The molecule has 4 rings (SSSR count). The van der Waals surface area contributed by atoms with E-state index in [-0.39, 0.29) is 24.5 Å². The molecule has 0 N–H and O–H groups in total. The number of hydrogen-bond donors (Lipinski definition) is 0. The molecule has 0 fully saturated rings. The molecule has 0 aromatic heterocycles. The van der Waals surface area contributed by atoms with Crippen LogP contribution in [0.25, 0.3) is 0 Å². The van der Waals surface area contributed by atoms with E-state index in [1.807, 2.05) is 76.5 Å². The van der Waals surface area contributed by atoms with Gasteiger partial charge < -0.3 is 24.0 Å². The molecular formula is C35H44N2O5. The summed E-state index contributed by atoms with van der Waals surface area (Å²) >= 11 is 0. The average molecular weight is 573 g/mol. The molecule has 0 aliphatic carbocycles. The molecule has 0 spiro atoms. The number of para-hydroxylation sites is 2. The molecule has 224 valence electrons. The summed E-state index contributed by atoms with van der Waals surface area (Å²) in [5.74, 6) is 1.40. The van der Waals surface area contributed by atoms with E-state index < -0.39 is 0 Å². The summed E-state index contributed by atoms with van der Waals surface area (Å²) in [6.45, 7) is 2.64. The third-order valence-corrected chi connectivity index (χ3v) is 7.85. The smallest absolute Gasteiger partial charge is 0.257 e. The van der Waals surface area contributed by atoms with Crippen molar-refractivity contribution >= 4 is 11.8 Å². The molecule has 1 aliphatic heterocycles.